The van der Waals surface area contributed by atoms with Crippen molar-refractivity contribution in [1.82, 2.24) is 0 Å². The van der Waals surface area contributed by atoms with Crippen LogP contribution in [-0.2, 0) is 6.42 Å². The first-order valence-electron chi connectivity index (χ1n) is 5.58. The van der Waals surface area contributed by atoms with Crippen molar-refractivity contribution in [3.63, 3.8) is 0 Å². The molecule has 3 N–H and O–H groups in total. The first-order chi connectivity index (χ1) is 9.11. The Morgan fingerprint density at radius 3 is 2.47 bits per heavy atom. The monoisotopic (exact) mass is 261 g/mol. The Balaban J connectivity index is 2.34. The minimum Gasteiger partial charge on any atom is -0.508 e. The number of phenolic OH excluding ortho intramolecular Hbond substituents is 2. The van der Waals surface area contributed by atoms with Gasteiger partial charge in [-0.05, 0) is 23.8 Å². The number of oxime groups is 1. The molecule has 2 rings (SSSR count). The number of phenols is 2. The number of benzene rings is 2. The Morgan fingerprint density at radius 1 is 1.11 bits per heavy atom. The predicted molar refractivity (Wildman–Crippen MR) is 68.2 cm³/mol. The number of hydrogen-bond donors (Lipinski definition) is 3. The summed E-state index contributed by atoms with van der Waals surface area (Å²) in [6.07, 6.45) is 0.0293. The highest BCUT2D eigenvalue weighted by Gasteiger charge is 2.13. The van der Waals surface area contributed by atoms with Crippen molar-refractivity contribution in [2.45, 2.75) is 6.42 Å². The smallest absolute Gasteiger partial charge is 0.128 e. The van der Waals surface area contributed by atoms with Crippen LogP contribution in [0.3, 0.4) is 0 Å². The van der Waals surface area contributed by atoms with Gasteiger partial charge in [0.25, 0.3) is 0 Å². The van der Waals surface area contributed by atoms with Gasteiger partial charge in [0, 0.05) is 18.1 Å². The summed E-state index contributed by atoms with van der Waals surface area (Å²) in [6.45, 7) is 0. The van der Waals surface area contributed by atoms with Gasteiger partial charge in [-0.3, -0.25) is 0 Å². The van der Waals surface area contributed by atoms with Crippen molar-refractivity contribution in [1.29, 1.82) is 0 Å². The molecule has 0 unspecified atom stereocenters. The van der Waals surface area contributed by atoms with Crippen LogP contribution in [0.5, 0.6) is 11.5 Å². The zero-order valence-electron chi connectivity index (χ0n) is 9.92. The van der Waals surface area contributed by atoms with E-state index in [4.69, 9.17) is 5.21 Å². The van der Waals surface area contributed by atoms with Crippen LogP contribution < -0.4 is 0 Å². The summed E-state index contributed by atoms with van der Waals surface area (Å²) >= 11 is 0. The maximum absolute atomic E-state index is 13.5. The van der Waals surface area contributed by atoms with E-state index in [1.54, 1.807) is 18.2 Å². The Bertz CT molecular complexity index is 626. The van der Waals surface area contributed by atoms with Crippen molar-refractivity contribution in [2.24, 2.45) is 5.16 Å². The lowest BCUT2D eigenvalue weighted by atomic mass is 10.0. The van der Waals surface area contributed by atoms with Crippen LogP contribution in [0.15, 0.2) is 47.6 Å². The van der Waals surface area contributed by atoms with Crippen molar-refractivity contribution in [2.75, 3.05) is 0 Å². The Labute approximate surface area is 109 Å². The van der Waals surface area contributed by atoms with E-state index in [2.05, 4.69) is 5.16 Å². The number of nitrogens with zero attached hydrogens (tertiary/aromatic N) is 1. The number of halogens is 1. The van der Waals surface area contributed by atoms with Gasteiger partial charge in [0.1, 0.15) is 17.3 Å². The van der Waals surface area contributed by atoms with Gasteiger partial charge >= 0.3 is 0 Å². The van der Waals surface area contributed by atoms with E-state index < -0.39 is 5.82 Å². The number of aromatic hydroxyl groups is 2. The molecule has 4 nitrogen and oxygen atoms in total. The van der Waals surface area contributed by atoms with Crippen molar-refractivity contribution < 1.29 is 19.8 Å². The van der Waals surface area contributed by atoms with E-state index in [0.29, 0.717) is 5.56 Å². The van der Waals surface area contributed by atoms with Gasteiger partial charge in [-0.2, -0.15) is 0 Å². The largest absolute Gasteiger partial charge is 0.508 e. The minimum absolute atomic E-state index is 0.0293. The van der Waals surface area contributed by atoms with Crippen LogP contribution in [0.4, 0.5) is 4.39 Å². The fourth-order valence-corrected chi connectivity index (χ4v) is 1.77. The Kier molecular flexibility index (Phi) is 3.66. The molecule has 0 spiro atoms. The molecule has 0 bridgehead atoms. The van der Waals surface area contributed by atoms with Crippen LogP contribution in [-0.4, -0.2) is 21.1 Å². The highest BCUT2D eigenvalue weighted by molar-refractivity contribution is 6.03. The predicted octanol–water partition coefficient (Wildman–Crippen LogP) is 2.66. The highest BCUT2D eigenvalue weighted by atomic mass is 19.1. The maximum atomic E-state index is 13.5. The van der Waals surface area contributed by atoms with Crippen molar-refractivity contribution in [3.05, 3.63) is 59.4 Å². The Morgan fingerprint density at radius 2 is 1.84 bits per heavy atom. The standard InChI is InChI=1S/C14H12FNO3/c15-12-4-2-1-3-9(12)7-13(16-19)11-6-5-10(17)8-14(11)18/h1-6,8,17-19H,7H2. The average Bonchev–Trinajstić information content (AvgIpc) is 2.39. The van der Waals surface area contributed by atoms with Gasteiger partial charge in [-0.1, -0.05) is 23.4 Å². The number of rotatable bonds is 3. The Hall–Kier alpha value is -2.56. The molecular formula is C14H12FNO3. The van der Waals surface area contributed by atoms with Gasteiger partial charge in [0.2, 0.25) is 0 Å². The molecule has 2 aromatic carbocycles. The molecule has 0 saturated heterocycles. The molecule has 19 heavy (non-hydrogen) atoms. The SMILES string of the molecule is ON=C(Cc1ccccc1F)c1ccc(O)cc1O. The first-order valence-corrected chi connectivity index (χ1v) is 5.58. The molecule has 0 aliphatic rings. The van der Waals surface area contributed by atoms with Gasteiger partial charge in [0.05, 0.1) is 5.71 Å². The molecule has 0 aromatic heterocycles. The third-order valence-corrected chi connectivity index (χ3v) is 2.73. The molecule has 98 valence electrons. The van der Waals surface area contributed by atoms with Gasteiger partial charge < -0.3 is 15.4 Å². The second kappa shape index (κ2) is 5.39. The average molecular weight is 261 g/mol. The number of hydrogen-bond acceptors (Lipinski definition) is 4. The van der Waals surface area contributed by atoms with Crippen molar-refractivity contribution in [3.8, 4) is 11.5 Å². The lowest BCUT2D eigenvalue weighted by Crippen LogP contribution is -2.07. The van der Waals surface area contributed by atoms with E-state index >= 15 is 0 Å². The summed E-state index contributed by atoms with van der Waals surface area (Å²) in [4.78, 5) is 0. The molecule has 5 heteroatoms. The third kappa shape index (κ3) is 2.82. The molecule has 0 aliphatic heterocycles. The molecule has 0 heterocycles. The zero-order chi connectivity index (χ0) is 13.8. The molecular weight excluding hydrogens is 249 g/mol. The third-order valence-electron chi connectivity index (χ3n) is 2.73. The molecule has 0 aliphatic carbocycles. The van der Waals surface area contributed by atoms with E-state index in [0.717, 1.165) is 6.07 Å². The molecule has 0 saturated carbocycles. The van der Waals surface area contributed by atoms with Gasteiger partial charge in [0.15, 0.2) is 0 Å². The summed E-state index contributed by atoms with van der Waals surface area (Å²) in [5.74, 6) is -0.754. The van der Waals surface area contributed by atoms with E-state index in [-0.39, 0.29) is 29.2 Å². The summed E-state index contributed by atoms with van der Waals surface area (Å²) in [5, 5.41) is 31.0. The fourth-order valence-electron chi connectivity index (χ4n) is 1.77. The normalized spacial score (nSPS) is 11.5. The van der Waals surface area contributed by atoms with Crippen LogP contribution in [0, 0.1) is 5.82 Å². The molecule has 0 atom stereocenters. The minimum atomic E-state index is -0.415. The van der Waals surface area contributed by atoms with Crippen molar-refractivity contribution >= 4 is 5.71 Å². The van der Waals surface area contributed by atoms with E-state index in [1.165, 1.54) is 18.2 Å². The van der Waals surface area contributed by atoms with E-state index in [9.17, 15) is 14.6 Å². The summed E-state index contributed by atoms with van der Waals surface area (Å²) < 4.78 is 13.5. The zero-order valence-corrected chi connectivity index (χ0v) is 9.92. The highest BCUT2D eigenvalue weighted by Crippen LogP contribution is 2.24. The van der Waals surface area contributed by atoms with Gasteiger partial charge in [-0.25, -0.2) is 4.39 Å². The van der Waals surface area contributed by atoms with E-state index in [1.807, 2.05) is 0 Å². The summed E-state index contributed by atoms with van der Waals surface area (Å²) in [7, 11) is 0. The summed E-state index contributed by atoms with van der Waals surface area (Å²) in [5.41, 5.74) is 0.703. The van der Waals surface area contributed by atoms with Crippen LogP contribution in [0.1, 0.15) is 11.1 Å². The summed E-state index contributed by atoms with van der Waals surface area (Å²) in [6, 6.07) is 9.99. The lowest BCUT2D eigenvalue weighted by molar-refractivity contribution is 0.318. The molecule has 0 amide bonds. The molecule has 0 fully saturated rings. The molecule has 0 radical (unpaired) electrons. The molecule has 2 aromatic rings. The second-order valence-electron chi connectivity index (χ2n) is 4.02. The van der Waals surface area contributed by atoms with Crippen LogP contribution in [0.2, 0.25) is 0 Å². The van der Waals surface area contributed by atoms with Gasteiger partial charge in [-0.15, -0.1) is 0 Å². The topological polar surface area (TPSA) is 73.1 Å². The first kappa shape index (κ1) is 12.9. The van der Waals surface area contributed by atoms with Crippen LogP contribution >= 0.6 is 0 Å². The van der Waals surface area contributed by atoms with Crippen LogP contribution in [0.25, 0.3) is 0 Å². The quantitative estimate of drug-likeness (QED) is 0.452. The maximum Gasteiger partial charge on any atom is 0.128 e. The fraction of sp³-hybridized carbons (Fsp3) is 0.0714. The second-order valence-corrected chi connectivity index (χ2v) is 4.02. The lowest BCUT2D eigenvalue weighted by Gasteiger charge is -2.08.